The number of aromatic nitrogens is 3. The minimum absolute atomic E-state index is 0.352. The van der Waals surface area contributed by atoms with Gasteiger partial charge in [0.15, 0.2) is 18.2 Å². The second-order valence-electron chi connectivity index (χ2n) is 5.80. The molecule has 29 heavy (non-hydrogen) atoms. The fourth-order valence-corrected chi connectivity index (χ4v) is 2.64. The summed E-state index contributed by atoms with van der Waals surface area (Å²) in [6.07, 6.45) is 2.75. The van der Waals surface area contributed by atoms with Gasteiger partial charge >= 0.3 is 5.97 Å². The molecule has 0 bridgehead atoms. The highest BCUT2D eigenvalue weighted by Gasteiger charge is 2.12. The molecule has 9 heteroatoms. The van der Waals surface area contributed by atoms with Gasteiger partial charge in [0.1, 0.15) is 5.52 Å². The number of benzene rings is 2. The van der Waals surface area contributed by atoms with Crippen LogP contribution in [0, 0.1) is 0 Å². The Hall–Kier alpha value is -3.88. The molecule has 1 aromatic heterocycles. The molecule has 0 aliphatic heterocycles. The SMILES string of the molecule is COc1cc(/C=C/C(=O)OCn2nnc3ccccc3c2=O)cc(OC)c1OC. The number of methoxy groups -OCH3 is 3. The fourth-order valence-electron chi connectivity index (χ4n) is 2.64. The first-order valence-electron chi connectivity index (χ1n) is 8.54. The largest absolute Gasteiger partial charge is 0.493 e. The monoisotopic (exact) mass is 397 g/mol. The van der Waals surface area contributed by atoms with Gasteiger partial charge in [-0.15, -0.1) is 5.10 Å². The summed E-state index contributed by atoms with van der Waals surface area (Å²) in [6.45, 7) is -0.352. The molecule has 1 heterocycles. The summed E-state index contributed by atoms with van der Waals surface area (Å²) in [7, 11) is 4.51. The zero-order chi connectivity index (χ0) is 20.8. The molecule has 0 fully saturated rings. The molecular weight excluding hydrogens is 378 g/mol. The van der Waals surface area contributed by atoms with Crippen LogP contribution in [0.3, 0.4) is 0 Å². The third kappa shape index (κ3) is 4.34. The van der Waals surface area contributed by atoms with Crippen LogP contribution in [0.1, 0.15) is 5.56 Å². The van der Waals surface area contributed by atoms with Crippen molar-refractivity contribution < 1.29 is 23.7 Å². The van der Waals surface area contributed by atoms with Crippen LogP contribution in [0.5, 0.6) is 17.2 Å². The summed E-state index contributed by atoms with van der Waals surface area (Å²) < 4.78 is 21.9. The van der Waals surface area contributed by atoms with Gasteiger partial charge in [-0.1, -0.05) is 17.3 Å². The van der Waals surface area contributed by atoms with Crippen LogP contribution < -0.4 is 19.8 Å². The second-order valence-corrected chi connectivity index (χ2v) is 5.80. The van der Waals surface area contributed by atoms with Gasteiger partial charge in [-0.2, -0.15) is 4.68 Å². The maximum absolute atomic E-state index is 12.3. The molecule has 0 amide bonds. The average Bonchev–Trinajstić information content (AvgIpc) is 2.76. The van der Waals surface area contributed by atoms with Crippen molar-refractivity contribution in [2.75, 3.05) is 21.3 Å². The lowest BCUT2D eigenvalue weighted by Crippen LogP contribution is -2.26. The van der Waals surface area contributed by atoms with Crippen LogP contribution in [0.15, 0.2) is 47.3 Å². The van der Waals surface area contributed by atoms with E-state index in [1.807, 2.05) is 0 Å². The first-order chi connectivity index (χ1) is 14.1. The zero-order valence-corrected chi connectivity index (χ0v) is 16.1. The molecule has 0 spiro atoms. The molecule has 0 saturated carbocycles. The molecule has 0 atom stereocenters. The van der Waals surface area contributed by atoms with Crippen LogP contribution in [0.25, 0.3) is 17.0 Å². The number of esters is 1. The van der Waals surface area contributed by atoms with Crippen molar-refractivity contribution in [2.45, 2.75) is 6.73 Å². The molecule has 0 aliphatic carbocycles. The van der Waals surface area contributed by atoms with Crippen molar-refractivity contribution >= 4 is 22.9 Å². The predicted octanol–water partition coefficient (Wildman–Crippen LogP) is 2.03. The Morgan fingerprint density at radius 2 is 1.76 bits per heavy atom. The van der Waals surface area contributed by atoms with Gasteiger partial charge in [-0.3, -0.25) is 4.79 Å². The van der Waals surface area contributed by atoms with E-state index >= 15 is 0 Å². The molecule has 2 aromatic carbocycles. The standard InChI is InChI=1S/C20H19N3O6/c1-26-16-10-13(11-17(27-2)19(16)28-3)8-9-18(24)29-12-23-20(25)14-6-4-5-7-15(14)21-22-23/h4-11H,12H2,1-3H3/b9-8+. The van der Waals surface area contributed by atoms with E-state index in [1.54, 1.807) is 36.4 Å². The molecule has 0 radical (unpaired) electrons. The van der Waals surface area contributed by atoms with Crippen LogP contribution >= 0.6 is 0 Å². The van der Waals surface area contributed by atoms with Crippen molar-refractivity contribution in [3.8, 4) is 17.2 Å². The Balaban J connectivity index is 1.72. The zero-order valence-electron chi connectivity index (χ0n) is 16.1. The third-order valence-corrected chi connectivity index (χ3v) is 4.06. The van der Waals surface area contributed by atoms with Gasteiger partial charge in [-0.25, -0.2) is 4.79 Å². The molecule has 3 rings (SSSR count). The highest BCUT2D eigenvalue weighted by atomic mass is 16.5. The number of fused-ring (bicyclic) bond motifs is 1. The van der Waals surface area contributed by atoms with Gasteiger partial charge < -0.3 is 18.9 Å². The lowest BCUT2D eigenvalue weighted by Gasteiger charge is -2.12. The van der Waals surface area contributed by atoms with E-state index in [0.717, 1.165) is 4.68 Å². The number of ether oxygens (including phenoxy) is 4. The van der Waals surface area contributed by atoms with Gasteiger partial charge in [0.05, 0.1) is 26.7 Å². The fraction of sp³-hybridized carbons (Fsp3) is 0.200. The van der Waals surface area contributed by atoms with E-state index in [1.165, 1.54) is 33.5 Å². The minimum atomic E-state index is -0.652. The van der Waals surface area contributed by atoms with Crippen LogP contribution in [0.4, 0.5) is 0 Å². The summed E-state index contributed by atoms with van der Waals surface area (Å²) in [6, 6.07) is 10.2. The number of hydrogen-bond donors (Lipinski definition) is 0. The number of nitrogens with zero attached hydrogens (tertiary/aromatic N) is 3. The maximum Gasteiger partial charge on any atom is 0.332 e. The molecule has 0 unspecified atom stereocenters. The molecule has 0 saturated heterocycles. The summed E-state index contributed by atoms with van der Waals surface area (Å²) in [4.78, 5) is 24.4. The van der Waals surface area contributed by atoms with E-state index < -0.39 is 11.5 Å². The Bertz CT molecular complexity index is 1100. The molecule has 9 nitrogen and oxygen atoms in total. The third-order valence-electron chi connectivity index (χ3n) is 4.06. The lowest BCUT2D eigenvalue weighted by molar-refractivity contribution is -0.141. The molecule has 150 valence electrons. The molecular formula is C20H19N3O6. The van der Waals surface area contributed by atoms with E-state index in [4.69, 9.17) is 18.9 Å². The molecule has 0 aliphatic rings. The Morgan fingerprint density at radius 1 is 1.07 bits per heavy atom. The molecule has 3 aromatic rings. The highest BCUT2D eigenvalue weighted by molar-refractivity contribution is 5.87. The van der Waals surface area contributed by atoms with Crippen molar-refractivity contribution in [1.29, 1.82) is 0 Å². The van der Waals surface area contributed by atoms with Gasteiger partial charge in [0.2, 0.25) is 5.75 Å². The molecule has 0 N–H and O–H groups in total. The van der Waals surface area contributed by atoms with E-state index in [9.17, 15) is 9.59 Å². The van der Waals surface area contributed by atoms with E-state index in [0.29, 0.717) is 33.7 Å². The summed E-state index contributed by atoms with van der Waals surface area (Å²) in [5, 5.41) is 8.09. The van der Waals surface area contributed by atoms with Crippen LogP contribution in [-0.2, 0) is 16.3 Å². The van der Waals surface area contributed by atoms with Gasteiger partial charge in [0.25, 0.3) is 5.56 Å². The van der Waals surface area contributed by atoms with Gasteiger partial charge in [0, 0.05) is 6.08 Å². The second kappa shape index (κ2) is 8.87. The predicted molar refractivity (Wildman–Crippen MR) is 105 cm³/mol. The smallest absolute Gasteiger partial charge is 0.332 e. The van der Waals surface area contributed by atoms with Gasteiger partial charge in [-0.05, 0) is 35.9 Å². The van der Waals surface area contributed by atoms with Crippen molar-refractivity contribution in [1.82, 2.24) is 15.0 Å². The quantitative estimate of drug-likeness (QED) is 0.441. The van der Waals surface area contributed by atoms with E-state index in [-0.39, 0.29) is 6.73 Å². The lowest BCUT2D eigenvalue weighted by atomic mass is 10.1. The average molecular weight is 397 g/mol. The maximum atomic E-state index is 12.3. The van der Waals surface area contributed by atoms with Crippen LogP contribution in [0.2, 0.25) is 0 Å². The first-order valence-corrected chi connectivity index (χ1v) is 8.54. The Kier molecular flexibility index (Phi) is 6.08. The Labute approximate surface area is 166 Å². The van der Waals surface area contributed by atoms with E-state index in [2.05, 4.69) is 10.3 Å². The number of hydrogen-bond acceptors (Lipinski definition) is 8. The number of carbonyl (C=O) groups is 1. The summed E-state index contributed by atoms with van der Waals surface area (Å²) >= 11 is 0. The summed E-state index contributed by atoms with van der Waals surface area (Å²) in [5.74, 6) is 0.709. The Morgan fingerprint density at radius 3 is 2.41 bits per heavy atom. The highest BCUT2D eigenvalue weighted by Crippen LogP contribution is 2.38. The van der Waals surface area contributed by atoms with Crippen molar-refractivity contribution in [3.05, 3.63) is 58.4 Å². The summed E-state index contributed by atoms with van der Waals surface area (Å²) in [5.41, 5.74) is 0.721. The number of carbonyl (C=O) groups excluding carboxylic acids is 1. The minimum Gasteiger partial charge on any atom is -0.493 e. The van der Waals surface area contributed by atoms with Crippen LogP contribution in [-0.4, -0.2) is 42.3 Å². The number of rotatable bonds is 7. The van der Waals surface area contributed by atoms with Crippen molar-refractivity contribution in [2.24, 2.45) is 0 Å². The van der Waals surface area contributed by atoms with Crippen molar-refractivity contribution in [3.63, 3.8) is 0 Å². The normalized spacial score (nSPS) is 10.9. The first kappa shape index (κ1) is 19.9. The topological polar surface area (TPSA) is 102 Å².